The molecule has 112 valence electrons. The Bertz CT molecular complexity index is 419. The van der Waals surface area contributed by atoms with Crippen LogP contribution in [0, 0.1) is 18.7 Å². The zero-order chi connectivity index (χ0) is 14.4. The summed E-state index contributed by atoms with van der Waals surface area (Å²) >= 11 is 0. The van der Waals surface area contributed by atoms with Crippen LogP contribution in [0.25, 0.3) is 0 Å². The van der Waals surface area contributed by atoms with Crippen molar-refractivity contribution >= 4 is 0 Å². The van der Waals surface area contributed by atoms with Gasteiger partial charge in [0.1, 0.15) is 18.2 Å². The van der Waals surface area contributed by atoms with E-state index < -0.39 is 0 Å². The molecule has 0 spiro atoms. The lowest BCUT2D eigenvalue weighted by atomic mass is 9.99. The standard InChI is InChI=1S/C16H24FNO2/c1-3-7-18-15(13-6-8-19-10-13)11-20-16-9-14(17)5-4-12(16)2/h4-5,9,13,15,18H,3,6-8,10-11H2,1-2H3. The molecule has 3 nitrogen and oxygen atoms in total. The lowest BCUT2D eigenvalue weighted by Gasteiger charge is -2.24. The summed E-state index contributed by atoms with van der Waals surface area (Å²) < 4.78 is 24.5. The summed E-state index contributed by atoms with van der Waals surface area (Å²) in [5.41, 5.74) is 0.961. The fourth-order valence-corrected chi connectivity index (χ4v) is 2.47. The molecule has 0 aromatic heterocycles. The van der Waals surface area contributed by atoms with Crippen molar-refractivity contribution in [1.29, 1.82) is 0 Å². The Hall–Kier alpha value is -1.13. The summed E-state index contributed by atoms with van der Waals surface area (Å²) in [5, 5.41) is 3.52. The van der Waals surface area contributed by atoms with E-state index in [9.17, 15) is 4.39 Å². The Kier molecular flexibility index (Phi) is 5.80. The predicted molar refractivity (Wildman–Crippen MR) is 77.6 cm³/mol. The van der Waals surface area contributed by atoms with E-state index in [0.717, 1.165) is 38.2 Å². The number of hydrogen-bond donors (Lipinski definition) is 1. The van der Waals surface area contributed by atoms with Crippen LogP contribution < -0.4 is 10.1 Å². The van der Waals surface area contributed by atoms with E-state index in [0.29, 0.717) is 18.3 Å². The van der Waals surface area contributed by atoms with Gasteiger partial charge in [-0.15, -0.1) is 0 Å². The third kappa shape index (κ3) is 4.18. The van der Waals surface area contributed by atoms with E-state index >= 15 is 0 Å². The average Bonchev–Trinajstić information content (AvgIpc) is 2.96. The fraction of sp³-hybridized carbons (Fsp3) is 0.625. The number of benzene rings is 1. The Morgan fingerprint density at radius 1 is 1.50 bits per heavy atom. The molecule has 1 aromatic rings. The molecule has 1 aromatic carbocycles. The lowest BCUT2D eigenvalue weighted by molar-refractivity contribution is 0.160. The molecule has 0 bridgehead atoms. The Labute approximate surface area is 120 Å². The predicted octanol–water partition coefficient (Wildman–Crippen LogP) is 2.92. The SMILES string of the molecule is CCCNC(COc1cc(F)ccc1C)C1CCOC1. The first kappa shape index (κ1) is 15.3. The minimum absolute atomic E-state index is 0.257. The lowest BCUT2D eigenvalue weighted by Crippen LogP contribution is -2.41. The molecule has 0 amide bonds. The van der Waals surface area contributed by atoms with Crippen LogP contribution in [0.2, 0.25) is 0 Å². The van der Waals surface area contributed by atoms with E-state index in [-0.39, 0.29) is 11.9 Å². The molecule has 1 heterocycles. The highest BCUT2D eigenvalue weighted by atomic mass is 19.1. The van der Waals surface area contributed by atoms with Crippen LogP contribution in [-0.4, -0.2) is 32.4 Å². The average molecular weight is 281 g/mol. The summed E-state index contributed by atoms with van der Waals surface area (Å²) in [4.78, 5) is 0. The zero-order valence-electron chi connectivity index (χ0n) is 12.3. The van der Waals surface area contributed by atoms with Crippen molar-refractivity contribution in [2.45, 2.75) is 32.7 Å². The van der Waals surface area contributed by atoms with Gasteiger partial charge in [-0.25, -0.2) is 4.39 Å². The number of ether oxygens (including phenoxy) is 2. The highest BCUT2D eigenvalue weighted by Gasteiger charge is 2.26. The Morgan fingerprint density at radius 2 is 2.35 bits per heavy atom. The number of nitrogens with one attached hydrogen (secondary N) is 1. The molecule has 1 aliphatic rings. The second-order valence-corrected chi connectivity index (χ2v) is 5.41. The van der Waals surface area contributed by atoms with Crippen LogP contribution in [0.4, 0.5) is 4.39 Å². The summed E-state index contributed by atoms with van der Waals surface area (Å²) in [6.07, 6.45) is 2.15. The first-order valence-corrected chi connectivity index (χ1v) is 7.40. The molecule has 0 radical (unpaired) electrons. The number of hydrogen-bond acceptors (Lipinski definition) is 3. The van der Waals surface area contributed by atoms with Crippen molar-refractivity contribution in [2.75, 3.05) is 26.4 Å². The van der Waals surface area contributed by atoms with Crippen molar-refractivity contribution < 1.29 is 13.9 Å². The monoisotopic (exact) mass is 281 g/mol. The smallest absolute Gasteiger partial charge is 0.126 e. The van der Waals surface area contributed by atoms with E-state index in [1.807, 2.05) is 6.92 Å². The second-order valence-electron chi connectivity index (χ2n) is 5.41. The first-order valence-electron chi connectivity index (χ1n) is 7.40. The summed E-state index contributed by atoms with van der Waals surface area (Å²) in [7, 11) is 0. The minimum atomic E-state index is -0.257. The Balaban J connectivity index is 1.94. The highest BCUT2D eigenvalue weighted by molar-refractivity contribution is 5.32. The quantitative estimate of drug-likeness (QED) is 0.833. The van der Waals surface area contributed by atoms with Crippen LogP contribution in [-0.2, 0) is 4.74 Å². The van der Waals surface area contributed by atoms with E-state index in [2.05, 4.69) is 12.2 Å². The van der Waals surface area contributed by atoms with Crippen LogP contribution >= 0.6 is 0 Å². The molecule has 2 atom stereocenters. The summed E-state index contributed by atoms with van der Waals surface area (Å²) in [6, 6.07) is 4.93. The van der Waals surface area contributed by atoms with E-state index in [4.69, 9.17) is 9.47 Å². The fourth-order valence-electron chi connectivity index (χ4n) is 2.47. The molecule has 0 saturated carbocycles. The van der Waals surface area contributed by atoms with Gasteiger partial charge in [-0.2, -0.15) is 0 Å². The molecule has 4 heteroatoms. The van der Waals surface area contributed by atoms with Crippen molar-refractivity contribution in [3.8, 4) is 5.75 Å². The van der Waals surface area contributed by atoms with E-state index in [1.54, 1.807) is 6.07 Å². The molecule has 1 N–H and O–H groups in total. The Morgan fingerprint density at radius 3 is 3.05 bits per heavy atom. The van der Waals surface area contributed by atoms with Crippen molar-refractivity contribution in [2.24, 2.45) is 5.92 Å². The van der Waals surface area contributed by atoms with Gasteiger partial charge in [0.05, 0.1) is 6.61 Å². The topological polar surface area (TPSA) is 30.5 Å². The van der Waals surface area contributed by atoms with Crippen LogP contribution in [0.1, 0.15) is 25.3 Å². The molecule has 1 saturated heterocycles. The van der Waals surface area contributed by atoms with E-state index in [1.165, 1.54) is 12.1 Å². The van der Waals surface area contributed by atoms with Crippen molar-refractivity contribution in [3.63, 3.8) is 0 Å². The van der Waals surface area contributed by atoms with Gasteiger partial charge < -0.3 is 14.8 Å². The molecule has 1 aliphatic heterocycles. The normalized spacial score (nSPS) is 20.1. The first-order chi connectivity index (χ1) is 9.70. The van der Waals surface area contributed by atoms with Gasteiger partial charge in [-0.3, -0.25) is 0 Å². The van der Waals surface area contributed by atoms with Gasteiger partial charge in [0.25, 0.3) is 0 Å². The van der Waals surface area contributed by atoms with Gasteiger partial charge in [0.15, 0.2) is 0 Å². The van der Waals surface area contributed by atoms with Crippen molar-refractivity contribution in [3.05, 3.63) is 29.6 Å². The second kappa shape index (κ2) is 7.60. The minimum Gasteiger partial charge on any atom is -0.492 e. The van der Waals surface area contributed by atoms with Gasteiger partial charge in [0.2, 0.25) is 0 Å². The molecule has 1 fully saturated rings. The molecule has 20 heavy (non-hydrogen) atoms. The number of aryl methyl sites for hydroxylation is 1. The van der Waals surface area contributed by atoms with Gasteiger partial charge in [-0.05, 0) is 37.9 Å². The summed E-state index contributed by atoms with van der Waals surface area (Å²) in [5.74, 6) is 0.857. The maximum Gasteiger partial charge on any atom is 0.126 e. The third-order valence-electron chi connectivity index (χ3n) is 3.76. The summed E-state index contributed by atoms with van der Waals surface area (Å²) in [6.45, 7) is 7.21. The van der Waals surface area contributed by atoms with Crippen molar-refractivity contribution in [1.82, 2.24) is 5.32 Å². The zero-order valence-corrected chi connectivity index (χ0v) is 12.3. The van der Waals surface area contributed by atoms with Gasteiger partial charge in [0, 0.05) is 24.6 Å². The maximum atomic E-state index is 13.3. The van der Waals surface area contributed by atoms with Crippen LogP contribution in [0.3, 0.4) is 0 Å². The third-order valence-corrected chi connectivity index (χ3v) is 3.76. The molecular formula is C16H24FNO2. The molecular weight excluding hydrogens is 257 g/mol. The van der Waals surface area contributed by atoms with Gasteiger partial charge >= 0.3 is 0 Å². The van der Waals surface area contributed by atoms with Crippen LogP contribution in [0.15, 0.2) is 18.2 Å². The number of halogens is 1. The van der Waals surface area contributed by atoms with Crippen LogP contribution in [0.5, 0.6) is 5.75 Å². The van der Waals surface area contributed by atoms with Gasteiger partial charge in [-0.1, -0.05) is 13.0 Å². The largest absolute Gasteiger partial charge is 0.492 e. The molecule has 2 rings (SSSR count). The maximum absolute atomic E-state index is 13.3. The molecule has 0 aliphatic carbocycles. The molecule has 2 unspecified atom stereocenters. The number of rotatable bonds is 7. The highest BCUT2D eigenvalue weighted by Crippen LogP contribution is 2.21.